The zero-order valence-corrected chi connectivity index (χ0v) is 25.8. The maximum atomic E-state index is 13.9. The lowest BCUT2D eigenvalue weighted by molar-refractivity contribution is 0.0349. The highest BCUT2D eigenvalue weighted by Crippen LogP contribution is 2.43. The van der Waals surface area contributed by atoms with E-state index in [1.165, 1.54) is 24.5 Å². The van der Waals surface area contributed by atoms with Crippen LogP contribution in [0.25, 0.3) is 16.7 Å². The minimum Gasteiger partial charge on any atom is -0.471 e. The molecular weight excluding hydrogens is 599 g/mol. The van der Waals surface area contributed by atoms with E-state index in [4.69, 9.17) is 19.2 Å². The number of nitrogens with zero attached hydrogens (tertiary/aromatic N) is 5. The summed E-state index contributed by atoms with van der Waals surface area (Å²) < 4.78 is 53.9. The summed E-state index contributed by atoms with van der Waals surface area (Å²) in [6, 6.07) is 8.96. The number of piperidine rings is 1. The summed E-state index contributed by atoms with van der Waals surface area (Å²) in [5.41, 5.74) is 2.75. The molecule has 4 aromatic rings. The van der Waals surface area contributed by atoms with Crippen molar-refractivity contribution in [2.24, 2.45) is 5.92 Å². The lowest BCUT2D eigenvalue weighted by atomic mass is 9.81. The van der Waals surface area contributed by atoms with Gasteiger partial charge in [0, 0.05) is 32.1 Å². The van der Waals surface area contributed by atoms with E-state index in [1.54, 1.807) is 22.9 Å². The van der Waals surface area contributed by atoms with Gasteiger partial charge in [-0.05, 0) is 81.0 Å². The van der Waals surface area contributed by atoms with Crippen LogP contribution in [-0.2, 0) is 14.8 Å². The van der Waals surface area contributed by atoms with Gasteiger partial charge in [0.2, 0.25) is 0 Å². The Hall–Kier alpha value is -3.81. The summed E-state index contributed by atoms with van der Waals surface area (Å²) in [6.45, 7) is 6.23. The van der Waals surface area contributed by atoms with E-state index in [2.05, 4.69) is 14.5 Å². The highest BCUT2D eigenvalue weighted by Gasteiger charge is 2.32. The summed E-state index contributed by atoms with van der Waals surface area (Å²) in [5, 5.41) is 5.87. The van der Waals surface area contributed by atoms with Gasteiger partial charge in [-0.3, -0.25) is 9.69 Å². The summed E-state index contributed by atoms with van der Waals surface area (Å²) in [6.07, 6.45) is 8.57. The largest absolute Gasteiger partial charge is 0.471 e. The number of pyridine rings is 1. The normalized spacial score (nSPS) is 18.7. The number of fused-ring (bicyclic) bond motifs is 1. The molecule has 7 rings (SSSR count). The molecule has 0 unspecified atom stereocenters. The van der Waals surface area contributed by atoms with Gasteiger partial charge in [-0.15, -0.1) is 0 Å². The molecule has 1 aliphatic carbocycles. The van der Waals surface area contributed by atoms with Crippen molar-refractivity contribution in [3.63, 3.8) is 0 Å². The number of aromatic nitrogens is 3. The number of nitrogens with one attached hydrogen (secondary N) is 1. The number of ether oxygens (including phenoxy) is 1. The van der Waals surface area contributed by atoms with Gasteiger partial charge in [-0.2, -0.15) is 5.10 Å². The topological polar surface area (TPSA) is 123 Å². The molecule has 0 radical (unpaired) electrons. The molecule has 0 atom stereocenters. The Labute approximate surface area is 261 Å². The van der Waals surface area contributed by atoms with Crippen molar-refractivity contribution in [2.75, 3.05) is 50.8 Å². The Balaban J connectivity index is 1.25. The molecule has 238 valence electrons. The lowest BCUT2D eigenvalue weighted by Gasteiger charge is -2.36. The van der Waals surface area contributed by atoms with Crippen molar-refractivity contribution >= 4 is 32.7 Å². The second kappa shape index (κ2) is 12.5. The zero-order valence-electron chi connectivity index (χ0n) is 25.0. The van der Waals surface area contributed by atoms with Crippen LogP contribution >= 0.6 is 0 Å². The van der Waals surface area contributed by atoms with Crippen LogP contribution in [0.2, 0.25) is 0 Å². The molecule has 1 saturated carbocycles. The van der Waals surface area contributed by atoms with Crippen molar-refractivity contribution in [1.82, 2.24) is 24.4 Å². The third-order valence-electron chi connectivity index (χ3n) is 9.38. The fourth-order valence-corrected chi connectivity index (χ4v) is 7.39. The molecule has 3 aliphatic rings. The number of hydrogen-bond acceptors (Lipinski definition) is 9. The maximum absolute atomic E-state index is 13.9. The first kappa shape index (κ1) is 29.9. The maximum Gasteiger partial charge on any atom is 0.283 e. The quantitative estimate of drug-likeness (QED) is 0.283. The van der Waals surface area contributed by atoms with Crippen molar-refractivity contribution in [1.29, 1.82) is 0 Å². The summed E-state index contributed by atoms with van der Waals surface area (Å²) in [7, 11) is -4.17. The van der Waals surface area contributed by atoms with E-state index >= 15 is 0 Å². The highest BCUT2D eigenvalue weighted by molar-refractivity contribution is 7.90. The first-order chi connectivity index (χ1) is 21.9. The number of halogens is 1. The van der Waals surface area contributed by atoms with Crippen molar-refractivity contribution in [2.45, 2.75) is 49.3 Å². The fourth-order valence-electron chi connectivity index (χ4n) is 6.51. The number of morpholine rings is 1. The Morgan fingerprint density at radius 2 is 1.78 bits per heavy atom. The molecule has 0 spiro atoms. The number of benzene rings is 1. The molecule has 2 saturated heterocycles. The Bertz CT molecular complexity index is 1760. The average molecular weight is 637 g/mol. The van der Waals surface area contributed by atoms with Gasteiger partial charge in [-0.25, -0.2) is 27.2 Å². The van der Waals surface area contributed by atoms with Gasteiger partial charge >= 0.3 is 0 Å². The van der Waals surface area contributed by atoms with Gasteiger partial charge < -0.3 is 14.1 Å². The van der Waals surface area contributed by atoms with Gasteiger partial charge in [0.1, 0.15) is 22.7 Å². The number of sulfonamides is 1. The second-order valence-corrected chi connectivity index (χ2v) is 13.9. The molecule has 1 aromatic carbocycles. The molecule has 0 bridgehead atoms. The molecule has 5 heterocycles. The van der Waals surface area contributed by atoms with Crippen molar-refractivity contribution < 1.29 is 26.8 Å². The predicted molar refractivity (Wildman–Crippen MR) is 166 cm³/mol. The number of anilines is 1. The Morgan fingerprint density at radius 3 is 2.44 bits per heavy atom. The van der Waals surface area contributed by atoms with Crippen LogP contribution in [0.4, 0.5) is 10.1 Å². The van der Waals surface area contributed by atoms with Crippen LogP contribution in [0.3, 0.4) is 0 Å². The number of rotatable bonds is 9. The van der Waals surface area contributed by atoms with Crippen molar-refractivity contribution in [3.8, 4) is 5.69 Å². The van der Waals surface area contributed by atoms with Crippen LogP contribution in [0.1, 0.15) is 60.6 Å². The van der Waals surface area contributed by atoms with E-state index in [9.17, 15) is 17.6 Å². The standard InChI is InChI=1S/C32H37FN6O5S/c33-24-4-6-25(7-5-24)39-31-29(30(35-39)23-2-1-3-23)28(20-27(34-31)32(40)36-45(41,42)26-11-17-44-21-26)38-13-9-22(10-14-38)8-12-37-15-18-43-19-16-37/h4-7,11,17,20-23H,1-3,8-10,12-16,18-19H2,(H,36,40). The summed E-state index contributed by atoms with van der Waals surface area (Å²) in [5.74, 6) is -0.375. The monoisotopic (exact) mass is 636 g/mol. The predicted octanol–water partition coefficient (Wildman–Crippen LogP) is 4.48. The molecule has 11 nitrogen and oxygen atoms in total. The molecule has 3 fully saturated rings. The van der Waals surface area contributed by atoms with Gasteiger partial charge in [0.05, 0.1) is 41.9 Å². The van der Waals surface area contributed by atoms with E-state index in [0.717, 1.165) is 107 Å². The molecule has 1 N–H and O–H groups in total. The second-order valence-electron chi connectivity index (χ2n) is 12.2. The molecular formula is C32H37FN6O5S. The summed E-state index contributed by atoms with van der Waals surface area (Å²) in [4.78, 5) is 22.9. The Kier molecular flexibility index (Phi) is 8.32. The van der Waals surface area contributed by atoms with Crippen LogP contribution in [0.5, 0.6) is 0 Å². The lowest BCUT2D eigenvalue weighted by Crippen LogP contribution is -2.39. The molecule has 3 aromatic heterocycles. The van der Waals surface area contributed by atoms with E-state index < -0.39 is 15.9 Å². The molecule has 13 heteroatoms. The first-order valence-corrected chi connectivity index (χ1v) is 17.2. The first-order valence-electron chi connectivity index (χ1n) is 15.7. The summed E-state index contributed by atoms with van der Waals surface area (Å²) >= 11 is 0. The van der Waals surface area contributed by atoms with Gasteiger partial charge in [0.15, 0.2) is 5.65 Å². The number of furan rings is 1. The fraction of sp³-hybridized carbons (Fsp3) is 0.469. The Morgan fingerprint density at radius 1 is 1.02 bits per heavy atom. The van der Waals surface area contributed by atoms with E-state index in [-0.39, 0.29) is 22.3 Å². The van der Waals surface area contributed by atoms with Crippen molar-refractivity contribution in [3.05, 3.63) is 66.1 Å². The smallest absolute Gasteiger partial charge is 0.283 e. The van der Waals surface area contributed by atoms with Crippen LogP contribution < -0.4 is 9.62 Å². The minimum atomic E-state index is -4.17. The van der Waals surface area contributed by atoms with Crippen LogP contribution in [0.15, 0.2) is 58.2 Å². The van der Waals surface area contributed by atoms with Crippen LogP contribution in [-0.4, -0.2) is 79.9 Å². The molecule has 2 aliphatic heterocycles. The highest BCUT2D eigenvalue weighted by atomic mass is 32.2. The van der Waals surface area contributed by atoms with Crippen LogP contribution in [0, 0.1) is 11.7 Å². The zero-order chi connectivity index (χ0) is 31.0. The number of hydrogen-bond donors (Lipinski definition) is 1. The third kappa shape index (κ3) is 6.21. The van der Waals surface area contributed by atoms with Gasteiger partial charge in [-0.1, -0.05) is 6.42 Å². The number of carbonyl (C=O) groups is 1. The number of amides is 1. The van der Waals surface area contributed by atoms with E-state index in [0.29, 0.717) is 17.3 Å². The van der Waals surface area contributed by atoms with E-state index in [1.807, 2.05) is 0 Å². The minimum absolute atomic E-state index is 0.0394. The molecule has 45 heavy (non-hydrogen) atoms. The van der Waals surface area contributed by atoms with Gasteiger partial charge in [0.25, 0.3) is 15.9 Å². The third-order valence-corrected chi connectivity index (χ3v) is 10.7. The average Bonchev–Trinajstić information content (AvgIpc) is 3.70. The number of carbonyl (C=O) groups excluding carboxylic acids is 1. The SMILES string of the molecule is O=C(NS(=O)(=O)c1ccoc1)c1cc(N2CCC(CCN3CCOCC3)CC2)c2c(C3CCC3)nn(-c3ccc(F)cc3)c2n1. The molecule has 1 amide bonds.